The van der Waals surface area contributed by atoms with Crippen molar-refractivity contribution in [2.24, 2.45) is 0 Å². The fourth-order valence-electron chi connectivity index (χ4n) is 4.49. The number of carbonyl (C=O) groups excluding carboxylic acids is 1. The predicted molar refractivity (Wildman–Crippen MR) is 134 cm³/mol. The normalized spacial score (nSPS) is 17.5. The van der Waals surface area contributed by atoms with Crippen molar-refractivity contribution in [1.29, 1.82) is 0 Å². The molecule has 2 aliphatic heterocycles. The maximum Gasteiger partial charge on any atom is 0.322 e. The summed E-state index contributed by atoms with van der Waals surface area (Å²) < 4.78 is 0. The molecule has 1 aromatic heterocycles. The van der Waals surface area contributed by atoms with Gasteiger partial charge in [-0.05, 0) is 25.6 Å². The first-order valence-electron chi connectivity index (χ1n) is 12.2. The summed E-state index contributed by atoms with van der Waals surface area (Å²) >= 11 is 0. The molecule has 0 atom stereocenters. The van der Waals surface area contributed by atoms with Crippen molar-refractivity contribution < 1.29 is 4.79 Å². The lowest BCUT2D eigenvalue weighted by Crippen LogP contribution is -2.50. The first-order chi connectivity index (χ1) is 15.9. The van der Waals surface area contributed by atoms with Gasteiger partial charge in [-0.2, -0.15) is 0 Å². The number of hydrogen-bond acceptors (Lipinski definition) is 6. The Labute approximate surface area is 197 Å². The standard InChI is InChI=1S/C25H37N7O/c1-5-29-10-12-30(13-11-29)22-9-7-6-8-21(22)27-25(33)32-16-14-31(15-17-32)23-18-20(4)26-24(28-23)19(2)3/h6-9,18-19H,5,10-17H2,1-4H3,(H,27,33). The maximum atomic E-state index is 13.1. The number of benzene rings is 1. The molecule has 0 spiro atoms. The van der Waals surface area contributed by atoms with Crippen molar-refractivity contribution in [3.63, 3.8) is 0 Å². The van der Waals surface area contributed by atoms with Crippen LogP contribution in [0.15, 0.2) is 30.3 Å². The molecule has 2 amide bonds. The zero-order chi connectivity index (χ0) is 23.4. The smallest absolute Gasteiger partial charge is 0.322 e. The van der Waals surface area contributed by atoms with Crippen LogP contribution in [0.2, 0.25) is 0 Å². The number of rotatable bonds is 5. The van der Waals surface area contributed by atoms with Crippen LogP contribution < -0.4 is 15.1 Å². The molecule has 8 heteroatoms. The molecule has 0 unspecified atom stereocenters. The second kappa shape index (κ2) is 10.4. The quantitative estimate of drug-likeness (QED) is 0.752. The molecule has 0 radical (unpaired) electrons. The number of nitrogens with one attached hydrogen (secondary N) is 1. The van der Waals surface area contributed by atoms with Gasteiger partial charge in [-0.25, -0.2) is 14.8 Å². The lowest BCUT2D eigenvalue weighted by atomic mass is 10.2. The molecular formula is C25H37N7O. The summed E-state index contributed by atoms with van der Waals surface area (Å²) in [5.74, 6) is 2.13. The summed E-state index contributed by atoms with van der Waals surface area (Å²) in [6, 6.07) is 10.2. The average molecular weight is 452 g/mol. The Morgan fingerprint density at radius 3 is 2.30 bits per heavy atom. The average Bonchev–Trinajstić information content (AvgIpc) is 2.84. The van der Waals surface area contributed by atoms with Crippen LogP contribution in [0.4, 0.5) is 22.0 Å². The van der Waals surface area contributed by atoms with Crippen LogP contribution in [-0.4, -0.2) is 84.7 Å². The summed E-state index contributed by atoms with van der Waals surface area (Å²) in [6.45, 7) is 16.5. The van der Waals surface area contributed by atoms with Crippen LogP contribution in [0.3, 0.4) is 0 Å². The Morgan fingerprint density at radius 2 is 1.64 bits per heavy atom. The highest BCUT2D eigenvalue weighted by Gasteiger charge is 2.24. The number of carbonyl (C=O) groups is 1. The number of aryl methyl sites for hydroxylation is 1. The van der Waals surface area contributed by atoms with Gasteiger partial charge in [0.15, 0.2) is 0 Å². The second-order valence-corrected chi connectivity index (χ2v) is 9.22. The second-order valence-electron chi connectivity index (χ2n) is 9.22. The van der Waals surface area contributed by atoms with E-state index in [1.807, 2.05) is 36.1 Å². The number of hydrogen-bond donors (Lipinski definition) is 1. The van der Waals surface area contributed by atoms with Crippen molar-refractivity contribution in [3.05, 3.63) is 41.9 Å². The van der Waals surface area contributed by atoms with Gasteiger partial charge in [0.2, 0.25) is 0 Å². The molecule has 1 N–H and O–H groups in total. The zero-order valence-electron chi connectivity index (χ0n) is 20.4. The van der Waals surface area contributed by atoms with E-state index in [1.54, 1.807) is 0 Å². The molecule has 2 aromatic rings. The summed E-state index contributed by atoms with van der Waals surface area (Å²) in [5, 5.41) is 3.18. The van der Waals surface area contributed by atoms with Crippen LogP contribution in [-0.2, 0) is 0 Å². The van der Waals surface area contributed by atoms with Crippen molar-refractivity contribution >= 4 is 23.2 Å². The van der Waals surface area contributed by atoms with Gasteiger partial charge in [0.25, 0.3) is 0 Å². The number of piperazine rings is 2. The van der Waals surface area contributed by atoms with E-state index < -0.39 is 0 Å². The highest BCUT2D eigenvalue weighted by atomic mass is 16.2. The Balaban J connectivity index is 1.37. The molecule has 0 bridgehead atoms. The van der Waals surface area contributed by atoms with Gasteiger partial charge in [-0.1, -0.05) is 32.9 Å². The topological polar surface area (TPSA) is 67.8 Å². The summed E-state index contributed by atoms with van der Waals surface area (Å²) in [5.41, 5.74) is 2.99. The molecule has 0 saturated carbocycles. The largest absolute Gasteiger partial charge is 0.367 e. The molecule has 8 nitrogen and oxygen atoms in total. The Hall–Kier alpha value is -2.87. The van der Waals surface area contributed by atoms with Gasteiger partial charge in [0.1, 0.15) is 11.6 Å². The number of anilines is 3. The van der Waals surface area contributed by atoms with Crippen molar-refractivity contribution in [2.45, 2.75) is 33.6 Å². The highest BCUT2D eigenvalue weighted by Crippen LogP contribution is 2.27. The summed E-state index contributed by atoms with van der Waals surface area (Å²) in [6.07, 6.45) is 0. The Morgan fingerprint density at radius 1 is 0.970 bits per heavy atom. The third kappa shape index (κ3) is 5.55. The first kappa shape index (κ1) is 23.3. The first-order valence-corrected chi connectivity index (χ1v) is 12.2. The Kier molecular flexibility index (Phi) is 7.33. The number of nitrogens with zero attached hydrogens (tertiary/aromatic N) is 6. The van der Waals surface area contributed by atoms with Gasteiger partial charge >= 0.3 is 6.03 Å². The van der Waals surface area contributed by atoms with Crippen molar-refractivity contribution in [3.8, 4) is 0 Å². The molecule has 3 heterocycles. The highest BCUT2D eigenvalue weighted by molar-refractivity contribution is 5.93. The van der Waals surface area contributed by atoms with E-state index in [4.69, 9.17) is 4.98 Å². The van der Waals surface area contributed by atoms with Crippen LogP contribution in [0, 0.1) is 6.92 Å². The number of aromatic nitrogens is 2. The molecule has 33 heavy (non-hydrogen) atoms. The lowest BCUT2D eigenvalue weighted by molar-refractivity contribution is 0.208. The van der Waals surface area contributed by atoms with E-state index in [1.165, 1.54) is 0 Å². The Bertz CT molecular complexity index is 948. The van der Waals surface area contributed by atoms with E-state index >= 15 is 0 Å². The van der Waals surface area contributed by atoms with E-state index in [-0.39, 0.29) is 6.03 Å². The summed E-state index contributed by atoms with van der Waals surface area (Å²) in [4.78, 5) is 31.4. The molecule has 4 rings (SSSR count). The minimum Gasteiger partial charge on any atom is -0.367 e. The van der Waals surface area contributed by atoms with Crippen LogP contribution in [0.5, 0.6) is 0 Å². The maximum absolute atomic E-state index is 13.1. The SMILES string of the molecule is CCN1CCN(c2ccccc2NC(=O)N2CCN(c3cc(C)nc(C(C)C)n3)CC2)CC1. The number of para-hydroxylation sites is 2. The minimum absolute atomic E-state index is 0.0315. The van der Waals surface area contributed by atoms with E-state index in [0.29, 0.717) is 19.0 Å². The molecule has 2 aliphatic rings. The van der Waals surface area contributed by atoms with Gasteiger partial charge in [-0.3, -0.25) is 0 Å². The molecular weight excluding hydrogens is 414 g/mol. The number of amides is 2. The van der Waals surface area contributed by atoms with E-state index in [0.717, 1.165) is 74.5 Å². The number of likely N-dealkylation sites (N-methyl/N-ethyl adjacent to an activating group) is 1. The number of urea groups is 1. The van der Waals surface area contributed by atoms with Crippen molar-refractivity contribution in [1.82, 2.24) is 19.8 Å². The monoisotopic (exact) mass is 451 g/mol. The van der Waals surface area contributed by atoms with E-state index in [9.17, 15) is 4.79 Å². The van der Waals surface area contributed by atoms with Gasteiger partial charge in [0.05, 0.1) is 11.4 Å². The zero-order valence-corrected chi connectivity index (χ0v) is 20.4. The minimum atomic E-state index is -0.0315. The van der Waals surface area contributed by atoms with Crippen LogP contribution in [0.25, 0.3) is 0 Å². The van der Waals surface area contributed by atoms with Crippen molar-refractivity contribution in [2.75, 3.05) is 74.0 Å². The fourth-order valence-corrected chi connectivity index (χ4v) is 4.49. The third-order valence-electron chi connectivity index (χ3n) is 6.57. The molecule has 0 aliphatic carbocycles. The third-order valence-corrected chi connectivity index (χ3v) is 6.57. The lowest BCUT2D eigenvalue weighted by Gasteiger charge is -2.37. The predicted octanol–water partition coefficient (Wildman–Crippen LogP) is 3.40. The molecule has 1 aromatic carbocycles. The van der Waals surface area contributed by atoms with E-state index in [2.05, 4.69) is 51.8 Å². The van der Waals surface area contributed by atoms with Gasteiger partial charge in [0, 0.05) is 70.0 Å². The summed E-state index contributed by atoms with van der Waals surface area (Å²) in [7, 11) is 0. The van der Waals surface area contributed by atoms with Crippen LogP contribution >= 0.6 is 0 Å². The molecule has 2 fully saturated rings. The van der Waals surface area contributed by atoms with Gasteiger partial charge < -0.3 is 24.9 Å². The molecule has 178 valence electrons. The fraction of sp³-hybridized carbons (Fsp3) is 0.560. The molecule has 2 saturated heterocycles. The van der Waals surface area contributed by atoms with Crippen LogP contribution in [0.1, 0.15) is 38.2 Å². The van der Waals surface area contributed by atoms with Gasteiger partial charge in [-0.15, -0.1) is 0 Å².